The fourth-order valence-electron chi connectivity index (χ4n) is 2.54. The quantitative estimate of drug-likeness (QED) is 0.521. The smallest absolute Gasteiger partial charge is 0.137 e. The van der Waals surface area contributed by atoms with Crippen molar-refractivity contribution in [2.45, 2.75) is 84.5 Å². The molecular weight excluding hydrogens is 256 g/mol. The van der Waals surface area contributed by atoms with Crippen molar-refractivity contribution >= 4 is 5.78 Å². The van der Waals surface area contributed by atoms with Crippen molar-refractivity contribution < 1.29 is 4.79 Å². The van der Waals surface area contributed by atoms with E-state index in [9.17, 15) is 4.79 Å². The van der Waals surface area contributed by atoms with Gasteiger partial charge in [-0.15, -0.1) is 0 Å². The monoisotopic (exact) mass is 288 g/mol. The van der Waals surface area contributed by atoms with E-state index in [0.717, 1.165) is 18.4 Å². The number of Topliss-reactive ketones (excluding diaryl/α,β-unsaturated/α-hetero) is 1. The molecule has 0 radical (unpaired) electrons. The van der Waals surface area contributed by atoms with E-state index in [0.29, 0.717) is 12.2 Å². The fraction of sp³-hybridized carbons (Fsp3) is 0.650. The van der Waals surface area contributed by atoms with E-state index in [1.807, 2.05) is 0 Å². The molecule has 0 amide bonds. The van der Waals surface area contributed by atoms with Crippen molar-refractivity contribution in [3.05, 3.63) is 35.4 Å². The van der Waals surface area contributed by atoms with Crippen LogP contribution in [0.2, 0.25) is 0 Å². The number of benzene rings is 1. The first-order valence-electron chi connectivity index (χ1n) is 8.54. The minimum Gasteiger partial charge on any atom is -0.299 e. The van der Waals surface area contributed by atoms with Gasteiger partial charge < -0.3 is 0 Å². The molecule has 0 fully saturated rings. The molecule has 0 saturated heterocycles. The molecule has 1 rings (SSSR count). The number of rotatable bonds is 9. The zero-order valence-electron chi connectivity index (χ0n) is 14.4. The van der Waals surface area contributed by atoms with Crippen LogP contribution in [-0.2, 0) is 16.6 Å². The molecule has 0 spiro atoms. The van der Waals surface area contributed by atoms with Gasteiger partial charge in [0.1, 0.15) is 5.78 Å². The summed E-state index contributed by atoms with van der Waals surface area (Å²) in [5.74, 6) is 0.383. The molecule has 0 aliphatic rings. The normalized spacial score (nSPS) is 11.6. The summed E-state index contributed by atoms with van der Waals surface area (Å²) in [5.41, 5.74) is 2.66. The van der Waals surface area contributed by atoms with E-state index in [1.54, 1.807) is 0 Å². The molecule has 1 heteroatoms. The lowest BCUT2D eigenvalue weighted by Gasteiger charge is -2.19. The highest BCUT2D eigenvalue weighted by Gasteiger charge is 2.13. The molecule has 0 heterocycles. The first-order valence-corrected chi connectivity index (χ1v) is 8.54. The largest absolute Gasteiger partial charge is 0.299 e. The Hall–Kier alpha value is -1.11. The number of ketones is 1. The highest BCUT2D eigenvalue weighted by molar-refractivity contribution is 5.80. The zero-order valence-corrected chi connectivity index (χ0v) is 14.4. The molecular formula is C20H32O. The lowest BCUT2D eigenvalue weighted by molar-refractivity contribution is -0.118. The lowest BCUT2D eigenvalue weighted by Crippen LogP contribution is -2.11. The van der Waals surface area contributed by atoms with Crippen molar-refractivity contribution in [1.82, 2.24) is 0 Å². The van der Waals surface area contributed by atoms with E-state index < -0.39 is 0 Å². The van der Waals surface area contributed by atoms with Gasteiger partial charge in [0.25, 0.3) is 0 Å². The van der Waals surface area contributed by atoms with Gasteiger partial charge in [-0.3, -0.25) is 4.79 Å². The maximum absolute atomic E-state index is 12.0. The van der Waals surface area contributed by atoms with Gasteiger partial charge in [0.2, 0.25) is 0 Å². The molecule has 118 valence electrons. The van der Waals surface area contributed by atoms with E-state index in [2.05, 4.69) is 52.0 Å². The zero-order chi connectivity index (χ0) is 15.7. The Balaban J connectivity index is 2.28. The molecule has 0 bridgehead atoms. The average Bonchev–Trinajstić information content (AvgIpc) is 2.42. The first kappa shape index (κ1) is 17.9. The fourth-order valence-corrected chi connectivity index (χ4v) is 2.54. The van der Waals surface area contributed by atoms with Crippen LogP contribution in [0, 0.1) is 0 Å². The Labute approximate surface area is 131 Å². The van der Waals surface area contributed by atoms with Gasteiger partial charge in [-0.1, -0.05) is 84.1 Å². The lowest BCUT2D eigenvalue weighted by atomic mass is 9.86. The molecule has 0 aromatic heterocycles. The van der Waals surface area contributed by atoms with Gasteiger partial charge in [0.15, 0.2) is 0 Å². The van der Waals surface area contributed by atoms with E-state index >= 15 is 0 Å². The summed E-state index contributed by atoms with van der Waals surface area (Å²) in [6.07, 6.45) is 8.81. The Morgan fingerprint density at radius 2 is 1.48 bits per heavy atom. The van der Waals surface area contributed by atoms with Gasteiger partial charge in [-0.2, -0.15) is 0 Å². The molecule has 0 aliphatic heterocycles. The molecule has 0 unspecified atom stereocenters. The number of carbonyl (C=O) groups is 1. The maximum Gasteiger partial charge on any atom is 0.137 e. The third-order valence-corrected chi connectivity index (χ3v) is 4.03. The Bertz CT molecular complexity index is 408. The molecule has 0 N–H and O–H groups in total. The van der Waals surface area contributed by atoms with Crippen molar-refractivity contribution in [2.24, 2.45) is 0 Å². The molecule has 0 atom stereocenters. The Kier molecular flexibility index (Phi) is 7.71. The van der Waals surface area contributed by atoms with Crippen molar-refractivity contribution in [3.63, 3.8) is 0 Å². The van der Waals surface area contributed by atoms with Gasteiger partial charge in [0, 0.05) is 12.8 Å². The van der Waals surface area contributed by atoms with E-state index in [4.69, 9.17) is 0 Å². The van der Waals surface area contributed by atoms with Crippen molar-refractivity contribution in [3.8, 4) is 0 Å². The minimum atomic E-state index is 0.182. The van der Waals surface area contributed by atoms with Crippen LogP contribution in [-0.4, -0.2) is 5.78 Å². The number of unbranched alkanes of at least 4 members (excludes halogenated alkanes) is 5. The second-order valence-corrected chi connectivity index (χ2v) is 7.18. The molecule has 0 aliphatic carbocycles. The summed E-state index contributed by atoms with van der Waals surface area (Å²) in [4.78, 5) is 12.0. The molecule has 1 aromatic carbocycles. The third-order valence-electron chi connectivity index (χ3n) is 4.03. The topological polar surface area (TPSA) is 17.1 Å². The Morgan fingerprint density at radius 3 is 2.05 bits per heavy atom. The van der Waals surface area contributed by atoms with Crippen LogP contribution in [0.15, 0.2) is 24.3 Å². The van der Waals surface area contributed by atoms with Crippen molar-refractivity contribution in [2.75, 3.05) is 0 Å². The van der Waals surface area contributed by atoms with Crippen LogP contribution in [0.25, 0.3) is 0 Å². The third kappa shape index (κ3) is 7.45. The van der Waals surface area contributed by atoms with Crippen LogP contribution in [0.5, 0.6) is 0 Å². The van der Waals surface area contributed by atoms with Gasteiger partial charge in [-0.25, -0.2) is 0 Å². The molecule has 1 nitrogen and oxygen atoms in total. The summed E-state index contributed by atoms with van der Waals surface area (Å²) >= 11 is 0. The maximum atomic E-state index is 12.0. The van der Waals surface area contributed by atoms with Crippen LogP contribution in [0.1, 0.15) is 83.8 Å². The van der Waals surface area contributed by atoms with Gasteiger partial charge in [-0.05, 0) is 23.0 Å². The van der Waals surface area contributed by atoms with Crippen LogP contribution >= 0.6 is 0 Å². The predicted molar refractivity (Wildman–Crippen MR) is 91.8 cm³/mol. The molecule has 21 heavy (non-hydrogen) atoms. The number of hydrogen-bond donors (Lipinski definition) is 0. The summed E-state index contributed by atoms with van der Waals surface area (Å²) in [6.45, 7) is 8.87. The van der Waals surface area contributed by atoms with Gasteiger partial charge >= 0.3 is 0 Å². The second-order valence-electron chi connectivity index (χ2n) is 7.18. The summed E-state index contributed by atoms with van der Waals surface area (Å²) in [7, 11) is 0. The summed E-state index contributed by atoms with van der Waals surface area (Å²) in [6, 6.07) is 8.54. The van der Waals surface area contributed by atoms with Crippen molar-refractivity contribution in [1.29, 1.82) is 0 Å². The predicted octanol–water partition coefficient (Wildman–Crippen LogP) is 5.85. The molecule has 0 saturated carbocycles. The number of carbonyl (C=O) groups excluding carboxylic acids is 1. The standard InChI is InChI=1S/C20H32O/c1-5-6-7-8-9-10-11-19(21)16-17-12-14-18(15-13-17)20(2,3)4/h12-15H,5-11,16H2,1-4H3. The second kappa shape index (κ2) is 9.02. The van der Waals surface area contributed by atoms with E-state index in [1.165, 1.54) is 37.7 Å². The average molecular weight is 288 g/mol. The SMILES string of the molecule is CCCCCCCCC(=O)Cc1ccc(C(C)(C)C)cc1. The van der Waals surface area contributed by atoms with E-state index in [-0.39, 0.29) is 5.41 Å². The number of hydrogen-bond acceptors (Lipinski definition) is 1. The van der Waals surface area contributed by atoms with Crippen LogP contribution < -0.4 is 0 Å². The van der Waals surface area contributed by atoms with Gasteiger partial charge in [0.05, 0.1) is 0 Å². The Morgan fingerprint density at radius 1 is 0.905 bits per heavy atom. The van der Waals surface area contributed by atoms with Crippen LogP contribution in [0.4, 0.5) is 0 Å². The minimum absolute atomic E-state index is 0.182. The highest BCUT2D eigenvalue weighted by Crippen LogP contribution is 2.22. The highest BCUT2D eigenvalue weighted by atomic mass is 16.1. The summed E-state index contributed by atoms with van der Waals surface area (Å²) in [5, 5.41) is 0. The van der Waals surface area contributed by atoms with Crippen LogP contribution in [0.3, 0.4) is 0 Å². The summed E-state index contributed by atoms with van der Waals surface area (Å²) < 4.78 is 0. The molecule has 1 aromatic rings. The first-order chi connectivity index (χ1) is 9.93.